The first-order chi connectivity index (χ1) is 5.02. The van der Waals surface area contributed by atoms with Crippen molar-refractivity contribution < 1.29 is 0 Å². The molecular formula is C9H15NS. The van der Waals surface area contributed by atoms with Crippen LogP contribution in [0.1, 0.15) is 5.56 Å². The molecule has 0 spiro atoms. The van der Waals surface area contributed by atoms with E-state index in [1.807, 2.05) is 12.3 Å². The Labute approximate surface area is 70.2 Å². The topological polar surface area (TPSA) is 12.9 Å². The molecule has 0 bridgehead atoms. The maximum atomic E-state index is 4.39. The van der Waals surface area contributed by atoms with Crippen molar-refractivity contribution in [2.75, 3.05) is 18.8 Å². The summed E-state index contributed by atoms with van der Waals surface area (Å²) in [5, 5.41) is 1.28. The molecule has 1 aromatic heterocycles. The molecule has 11 heavy (non-hydrogen) atoms. The molecule has 0 atom stereocenters. The van der Waals surface area contributed by atoms with Gasteiger partial charge < -0.3 is 0 Å². The van der Waals surface area contributed by atoms with E-state index in [0.717, 1.165) is 0 Å². The Kier molecular flexibility index (Phi) is 2.23. The van der Waals surface area contributed by atoms with E-state index in [2.05, 4.69) is 36.7 Å². The Bertz CT molecular complexity index is 250. The third kappa shape index (κ3) is 1.96. The zero-order valence-electron chi connectivity index (χ0n) is 7.59. The van der Waals surface area contributed by atoms with Gasteiger partial charge in [-0.1, -0.05) is 6.07 Å². The van der Waals surface area contributed by atoms with Gasteiger partial charge >= 0.3 is 0 Å². The van der Waals surface area contributed by atoms with Gasteiger partial charge in [0.05, 0.1) is 5.03 Å². The van der Waals surface area contributed by atoms with E-state index >= 15 is 0 Å². The zero-order chi connectivity index (χ0) is 8.48. The fourth-order valence-corrected chi connectivity index (χ4v) is 2.52. The first kappa shape index (κ1) is 8.60. The lowest BCUT2D eigenvalue weighted by molar-refractivity contribution is 1.07. The van der Waals surface area contributed by atoms with E-state index < -0.39 is 10.0 Å². The van der Waals surface area contributed by atoms with Crippen molar-refractivity contribution in [3.63, 3.8) is 0 Å². The smallest absolute Gasteiger partial charge is 0.0812 e. The van der Waals surface area contributed by atoms with Crippen LogP contribution < -0.4 is 0 Å². The fourth-order valence-electron chi connectivity index (χ4n) is 1.11. The van der Waals surface area contributed by atoms with Gasteiger partial charge in [-0.05, 0) is 37.3 Å². The number of nitrogens with zero attached hydrogens (tertiary/aromatic N) is 1. The summed E-state index contributed by atoms with van der Waals surface area (Å²) in [6, 6.07) is 4.12. The molecule has 0 fully saturated rings. The average Bonchev–Trinajstić information content (AvgIpc) is 1.86. The molecule has 2 heteroatoms. The fraction of sp³-hybridized carbons (Fsp3) is 0.444. The molecule has 0 aromatic carbocycles. The quantitative estimate of drug-likeness (QED) is 0.629. The normalized spacial score (nSPS) is 13.1. The van der Waals surface area contributed by atoms with E-state index in [0.29, 0.717) is 0 Å². The van der Waals surface area contributed by atoms with Crippen LogP contribution in [-0.2, 0) is 0 Å². The van der Waals surface area contributed by atoms with Crippen LogP contribution in [0.5, 0.6) is 0 Å². The van der Waals surface area contributed by atoms with Gasteiger partial charge in [-0.3, -0.25) is 4.98 Å². The molecule has 0 aliphatic carbocycles. The Morgan fingerprint density at radius 1 is 1.27 bits per heavy atom. The molecule has 0 N–H and O–H groups in total. The van der Waals surface area contributed by atoms with Crippen LogP contribution in [0.2, 0.25) is 0 Å². The van der Waals surface area contributed by atoms with Crippen molar-refractivity contribution in [3.05, 3.63) is 23.9 Å². The molecule has 0 saturated heterocycles. The molecule has 1 heterocycles. The van der Waals surface area contributed by atoms with Crippen LogP contribution in [0.3, 0.4) is 0 Å². The minimum Gasteiger partial charge on any atom is -0.251 e. The van der Waals surface area contributed by atoms with Crippen LogP contribution in [0.25, 0.3) is 0 Å². The number of hydrogen-bond acceptors (Lipinski definition) is 1. The monoisotopic (exact) mass is 169 g/mol. The summed E-state index contributed by atoms with van der Waals surface area (Å²) in [5.41, 5.74) is 1.31. The number of aromatic nitrogens is 1. The number of aryl methyl sites for hydroxylation is 1. The van der Waals surface area contributed by atoms with Gasteiger partial charge in [0.2, 0.25) is 0 Å². The summed E-state index contributed by atoms with van der Waals surface area (Å²) in [6.07, 6.45) is 8.67. The lowest BCUT2D eigenvalue weighted by Crippen LogP contribution is -1.98. The predicted molar refractivity (Wildman–Crippen MR) is 52.6 cm³/mol. The third-order valence-electron chi connectivity index (χ3n) is 1.54. The standard InChI is InChI=1S/C9H15NS/c1-8-6-5-7-10-9(8)11(2,3)4/h5-7H,1-4H3. The summed E-state index contributed by atoms with van der Waals surface area (Å²) in [6.45, 7) is 2.13. The Morgan fingerprint density at radius 2 is 1.91 bits per heavy atom. The van der Waals surface area contributed by atoms with Crippen molar-refractivity contribution in [2.24, 2.45) is 0 Å². The number of hydrogen-bond donors (Lipinski definition) is 0. The highest BCUT2D eigenvalue weighted by Crippen LogP contribution is 2.44. The first-order valence-electron chi connectivity index (χ1n) is 3.62. The van der Waals surface area contributed by atoms with Gasteiger partial charge in [-0.15, -0.1) is 0 Å². The van der Waals surface area contributed by atoms with Gasteiger partial charge in [-0.2, -0.15) is 0 Å². The SMILES string of the molecule is Cc1cccnc1S(C)(C)C. The van der Waals surface area contributed by atoms with E-state index in [-0.39, 0.29) is 0 Å². The second-order valence-corrected chi connectivity index (χ2v) is 7.52. The predicted octanol–water partition coefficient (Wildman–Crippen LogP) is 2.44. The van der Waals surface area contributed by atoms with Gasteiger partial charge in [0, 0.05) is 6.20 Å². The van der Waals surface area contributed by atoms with Gasteiger partial charge in [0.15, 0.2) is 0 Å². The van der Waals surface area contributed by atoms with Crippen molar-refractivity contribution in [3.8, 4) is 0 Å². The van der Waals surface area contributed by atoms with E-state index in [9.17, 15) is 0 Å². The molecule has 0 amide bonds. The number of rotatable bonds is 1. The van der Waals surface area contributed by atoms with Crippen molar-refractivity contribution in [1.29, 1.82) is 0 Å². The maximum Gasteiger partial charge on any atom is 0.0812 e. The van der Waals surface area contributed by atoms with Crippen molar-refractivity contribution in [1.82, 2.24) is 4.98 Å². The summed E-state index contributed by atoms with van der Waals surface area (Å²) in [7, 11) is -0.645. The molecule has 1 rings (SSSR count). The molecular weight excluding hydrogens is 154 g/mol. The first-order valence-corrected chi connectivity index (χ1v) is 6.47. The van der Waals surface area contributed by atoms with Crippen molar-refractivity contribution in [2.45, 2.75) is 11.9 Å². The third-order valence-corrected chi connectivity index (χ3v) is 3.13. The van der Waals surface area contributed by atoms with Crippen LogP contribution >= 0.6 is 10.0 Å². The summed E-state index contributed by atoms with van der Waals surface area (Å²) in [4.78, 5) is 4.39. The highest BCUT2D eigenvalue weighted by molar-refractivity contribution is 8.32. The summed E-state index contributed by atoms with van der Waals surface area (Å²) >= 11 is 0. The molecule has 0 aliphatic heterocycles. The van der Waals surface area contributed by atoms with Crippen LogP contribution in [0.4, 0.5) is 0 Å². The molecule has 0 aliphatic rings. The molecule has 62 valence electrons. The number of pyridine rings is 1. The maximum absolute atomic E-state index is 4.39. The zero-order valence-corrected chi connectivity index (χ0v) is 8.40. The second-order valence-electron chi connectivity index (χ2n) is 3.46. The molecule has 0 saturated carbocycles. The van der Waals surface area contributed by atoms with Gasteiger partial charge in [-0.25, -0.2) is 10.0 Å². The lowest BCUT2D eigenvalue weighted by Gasteiger charge is -2.25. The molecule has 1 aromatic rings. The highest BCUT2D eigenvalue weighted by Gasteiger charge is 2.10. The van der Waals surface area contributed by atoms with E-state index in [1.54, 1.807) is 0 Å². The lowest BCUT2D eigenvalue weighted by atomic mass is 10.3. The Hall–Kier alpha value is -0.500. The van der Waals surface area contributed by atoms with E-state index in [1.165, 1.54) is 10.6 Å². The molecule has 0 radical (unpaired) electrons. The second kappa shape index (κ2) is 2.86. The summed E-state index contributed by atoms with van der Waals surface area (Å²) in [5.74, 6) is 0. The Morgan fingerprint density at radius 3 is 2.27 bits per heavy atom. The molecule has 0 unspecified atom stereocenters. The van der Waals surface area contributed by atoms with Gasteiger partial charge in [0.25, 0.3) is 0 Å². The summed E-state index contributed by atoms with van der Waals surface area (Å²) < 4.78 is 0. The Balaban J connectivity index is 3.14. The minimum absolute atomic E-state index is 0.645. The van der Waals surface area contributed by atoms with Crippen LogP contribution in [0.15, 0.2) is 23.4 Å². The molecule has 1 nitrogen and oxygen atoms in total. The van der Waals surface area contributed by atoms with Crippen LogP contribution in [0, 0.1) is 6.92 Å². The largest absolute Gasteiger partial charge is 0.251 e. The minimum atomic E-state index is -0.645. The van der Waals surface area contributed by atoms with Crippen molar-refractivity contribution >= 4 is 10.0 Å². The average molecular weight is 169 g/mol. The van der Waals surface area contributed by atoms with E-state index in [4.69, 9.17) is 0 Å². The van der Waals surface area contributed by atoms with Crippen LogP contribution in [-0.4, -0.2) is 23.8 Å². The highest BCUT2D eigenvalue weighted by atomic mass is 32.3. The van der Waals surface area contributed by atoms with Gasteiger partial charge in [0.1, 0.15) is 0 Å².